The van der Waals surface area contributed by atoms with Crippen LogP contribution in [0.15, 0.2) is 68.4 Å². The molecule has 0 bridgehead atoms. The first-order valence-electron chi connectivity index (χ1n) is 9.80. The van der Waals surface area contributed by atoms with Crippen LogP contribution in [-0.2, 0) is 11.2 Å². The second-order valence-corrected chi connectivity index (χ2v) is 9.57. The van der Waals surface area contributed by atoms with E-state index in [1.807, 2.05) is 54.6 Å². The van der Waals surface area contributed by atoms with Crippen LogP contribution in [0.25, 0.3) is 17.4 Å². The number of ether oxygens (including phenoxy) is 2. The summed E-state index contributed by atoms with van der Waals surface area (Å²) in [5, 5.41) is 0. The van der Waals surface area contributed by atoms with E-state index in [0.29, 0.717) is 39.5 Å². The lowest BCUT2D eigenvalue weighted by Crippen LogP contribution is -2.30. The Balaban J connectivity index is 1.45. The molecule has 0 spiro atoms. The fourth-order valence-electron chi connectivity index (χ4n) is 3.30. The van der Waals surface area contributed by atoms with Crippen LogP contribution in [0.5, 0.6) is 11.5 Å². The van der Waals surface area contributed by atoms with Crippen LogP contribution >= 0.6 is 39.9 Å². The number of benzene rings is 2. The molecule has 0 atom stereocenters. The van der Waals surface area contributed by atoms with Gasteiger partial charge in [0.25, 0.3) is 5.91 Å². The van der Waals surface area contributed by atoms with Gasteiger partial charge >= 0.3 is 0 Å². The molecule has 32 heavy (non-hydrogen) atoms. The van der Waals surface area contributed by atoms with Crippen LogP contribution in [0, 0.1) is 0 Å². The summed E-state index contributed by atoms with van der Waals surface area (Å²) in [4.78, 5) is 15.1. The van der Waals surface area contributed by atoms with Gasteiger partial charge in [0, 0.05) is 22.7 Å². The van der Waals surface area contributed by atoms with Crippen LogP contribution in [0.3, 0.4) is 0 Å². The summed E-state index contributed by atoms with van der Waals surface area (Å²) in [7, 11) is 3.20. The number of halogens is 1. The standard InChI is InChI=1S/C24H20BrNO4S2/c1-28-20-9-3-15(13-21(20)29-2)11-12-26-23(27)22(32-24(26)31)14-18-8-10-19(30-18)16-4-6-17(25)7-5-16/h3-10,13-14H,11-12H2,1-2H3. The van der Waals surface area contributed by atoms with E-state index in [1.165, 1.54) is 11.8 Å². The smallest absolute Gasteiger partial charge is 0.266 e. The molecule has 3 aromatic rings. The summed E-state index contributed by atoms with van der Waals surface area (Å²) < 4.78 is 18.1. The van der Waals surface area contributed by atoms with Crippen molar-refractivity contribution in [1.82, 2.24) is 4.90 Å². The maximum Gasteiger partial charge on any atom is 0.266 e. The molecule has 8 heteroatoms. The van der Waals surface area contributed by atoms with E-state index >= 15 is 0 Å². The fraction of sp³-hybridized carbons (Fsp3) is 0.167. The molecule has 0 aliphatic carbocycles. The molecule has 0 radical (unpaired) electrons. The molecule has 1 saturated heterocycles. The number of furan rings is 1. The molecule has 1 aliphatic rings. The normalized spacial score (nSPS) is 15.0. The average Bonchev–Trinajstić information content (AvgIpc) is 3.37. The van der Waals surface area contributed by atoms with E-state index in [1.54, 1.807) is 25.2 Å². The number of nitrogens with zero attached hydrogens (tertiary/aromatic N) is 1. The van der Waals surface area contributed by atoms with E-state index in [0.717, 1.165) is 21.4 Å². The van der Waals surface area contributed by atoms with Crippen molar-refractivity contribution >= 4 is 56.2 Å². The third-order valence-electron chi connectivity index (χ3n) is 4.97. The zero-order valence-corrected chi connectivity index (χ0v) is 20.7. The summed E-state index contributed by atoms with van der Waals surface area (Å²) in [6.45, 7) is 0.486. The molecule has 1 aromatic heterocycles. The fourth-order valence-corrected chi connectivity index (χ4v) is 4.85. The largest absolute Gasteiger partial charge is 0.493 e. The zero-order valence-electron chi connectivity index (χ0n) is 17.5. The molecule has 1 fully saturated rings. The summed E-state index contributed by atoms with van der Waals surface area (Å²) in [5.41, 5.74) is 2.00. The number of methoxy groups -OCH3 is 2. The van der Waals surface area contributed by atoms with E-state index in [-0.39, 0.29) is 5.91 Å². The number of carbonyl (C=O) groups excluding carboxylic acids is 1. The summed E-state index contributed by atoms with van der Waals surface area (Å²) in [6.07, 6.45) is 2.40. The number of hydrogen-bond acceptors (Lipinski definition) is 6. The Labute approximate surface area is 204 Å². The topological polar surface area (TPSA) is 51.9 Å². The Kier molecular flexibility index (Phi) is 7.03. The van der Waals surface area contributed by atoms with Crippen molar-refractivity contribution < 1.29 is 18.7 Å². The second kappa shape index (κ2) is 9.94. The highest BCUT2D eigenvalue weighted by Crippen LogP contribution is 2.34. The first-order valence-corrected chi connectivity index (χ1v) is 11.8. The van der Waals surface area contributed by atoms with Crippen LogP contribution < -0.4 is 9.47 Å². The highest BCUT2D eigenvalue weighted by molar-refractivity contribution is 9.10. The van der Waals surface area contributed by atoms with E-state index in [2.05, 4.69) is 15.9 Å². The van der Waals surface area contributed by atoms with Gasteiger partial charge in [0.1, 0.15) is 15.8 Å². The van der Waals surface area contributed by atoms with Crippen molar-refractivity contribution in [2.24, 2.45) is 0 Å². The number of carbonyl (C=O) groups is 1. The summed E-state index contributed by atoms with van der Waals surface area (Å²) in [6, 6.07) is 17.3. The molecular formula is C24H20BrNO4S2. The second-order valence-electron chi connectivity index (χ2n) is 6.98. The van der Waals surface area contributed by atoms with Gasteiger partial charge in [-0.25, -0.2) is 0 Å². The highest BCUT2D eigenvalue weighted by atomic mass is 79.9. The Morgan fingerprint density at radius 2 is 1.81 bits per heavy atom. The Bertz CT molecular complexity index is 1190. The van der Waals surface area contributed by atoms with Crippen molar-refractivity contribution in [1.29, 1.82) is 0 Å². The highest BCUT2D eigenvalue weighted by Gasteiger charge is 2.32. The quantitative estimate of drug-likeness (QED) is 0.269. The predicted molar refractivity (Wildman–Crippen MR) is 135 cm³/mol. The molecular weight excluding hydrogens is 510 g/mol. The van der Waals surface area contributed by atoms with Crippen molar-refractivity contribution in [3.05, 3.63) is 75.3 Å². The van der Waals surface area contributed by atoms with Gasteiger partial charge in [0.05, 0.1) is 19.1 Å². The number of thioether (sulfide) groups is 1. The van der Waals surface area contributed by atoms with Gasteiger partial charge in [-0.05, 0) is 48.4 Å². The lowest BCUT2D eigenvalue weighted by Gasteiger charge is -2.15. The molecule has 2 aromatic carbocycles. The lowest BCUT2D eigenvalue weighted by molar-refractivity contribution is -0.122. The minimum atomic E-state index is -0.109. The SMILES string of the molecule is COc1ccc(CCN2C(=O)C(=Cc3ccc(-c4ccc(Br)cc4)o3)SC2=S)cc1OC. The number of rotatable bonds is 7. The summed E-state index contributed by atoms with van der Waals surface area (Å²) >= 11 is 10.2. The van der Waals surface area contributed by atoms with Crippen molar-refractivity contribution in [2.75, 3.05) is 20.8 Å². The van der Waals surface area contributed by atoms with E-state index in [9.17, 15) is 4.79 Å². The van der Waals surface area contributed by atoms with Gasteiger partial charge in [0.15, 0.2) is 11.5 Å². The molecule has 164 valence electrons. The van der Waals surface area contributed by atoms with Gasteiger partial charge in [0.2, 0.25) is 0 Å². The molecule has 0 unspecified atom stereocenters. The number of hydrogen-bond donors (Lipinski definition) is 0. The molecule has 2 heterocycles. The van der Waals surface area contributed by atoms with Gasteiger partial charge in [-0.3, -0.25) is 9.69 Å². The van der Waals surface area contributed by atoms with Gasteiger partial charge in [-0.1, -0.05) is 58.1 Å². The first kappa shape index (κ1) is 22.6. The molecule has 1 aliphatic heterocycles. The third-order valence-corrected chi connectivity index (χ3v) is 6.88. The third kappa shape index (κ3) is 4.92. The van der Waals surface area contributed by atoms with Crippen LogP contribution in [0.2, 0.25) is 0 Å². The zero-order chi connectivity index (χ0) is 22.7. The first-order chi connectivity index (χ1) is 15.5. The molecule has 4 rings (SSSR count). The van der Waals surface area contributed by atoms with Crippen LogP contribution in [0.4, 0.5) is 0 Å². The predicted octanol–water partition coefficient (Wildman–Crippen LogP) is 6.17. The van der Waals surface area contributed by atoms with Gasteiger partial charge in [-0.15, -0.1) is 0 Å². The van der Waals surface area contributed by atoms with Crippen molar-refractivity contribution in [3.8, 4) is 22.8 Å². The van der Waals surface area contributed by atoms with Crippen LogP contribution in [-0.4, -0.2) is 35.9 Å². The van der Waals surface area contributed by atoms with E-state index in [4.69, 9.17) is 26.1 Å². The summed E-state index contributed by atoms with van der Waals surface area (Å²) in [5.74, 6) is 2.58. The number of thiocarbonyl (C=S) groups is 1. The van der Waals surface area contributed by atoms with Gasteiger partial charge < -0.3 is 13.9 Å². The minimum Gasteiger partial charge on any atom is -0.493 e. The molecule has 5 nitrogen and oxygen atoms in total. The Hall–Kier alpha value is -2.55. The molecule has 1 amide bonds. The van der Waals surface area contributed by atoms with Crippen molar-refractivity contribution in [2.45, 2.75) is 6.42 Å². The Morgan fingerprint density at radius 3 is 2.53 bits per heavy atom. The molecule has 0 N–H and O–H groups in total. The van der Waals surface area contributed by atoms with Crippen molar-refractivity contribution in [3.63, 3.8) is 0 Å². The van der Waals surface area contributed by atoms with E-state index < -0.39 is 0 Å². The number of amides is 1. The Morgan fingerprint density at radius 1 is 1.06 bits per heavy atom. The van der Waals surface area contributed by atoms with Crippen LogP contribution in [0.1, 0.15) is 11.3 Å². The monoisotopic (exact) mass is 529 g/mol. The average molecular weight is 530 g/mol. The molecule has 0 saturated carbocycles. The lowest BCUT2D eigenvalue weighted by atomic mass is 10.1. The maximum absolute atomic E-state index is 12.9. The minimum absolute atomic E-state index is 0.109. The van der Waals surface area contributed by atoms with Gasteiger partial charge in [-0.2, -0.15) is 0 Å². The maximum atomic E-state index is 12.9.